The number of phenolic OH excluding ortho intramolecular Hbond substituents is 1. The van der Waals surface area contributed by atoms with Crippen molar-refractivity contribution in [3.63, 3.8) is 0 Å². The lowest BCUT2D eigenvalue weighted by Crippen LogP contribution is -2.06. The molecule has 4 nitrogen and oxygen atoms in total. The van der Waals surface area contributed by atoms with Gasteiger partial charge in [0.05, 0.1) is 7.11 Å². The van der Waals surface area contributed by atoms with E-state index in [1.807, 2.05) is 0 Å². The smallest absolute Gasteiger partial charge is 0.224 e. The fourth-order valence-electron chi connectivity index (χ4n) is 1.49. The lowest BCUT2D eigenvalue weighted by Gasteiger charge is -2.14. The van der Waals surface area contributed by atoms with Gasteiger partial charge in [-0.2, -0.15) is 0 Å². The molecule has 0 amide bonds. The Morgan fingerprint density at radius 1 is 0.889 bits per heavy atom. The predicted molar refractivity (Wildman–Crippen MR) is 66.7 cm³/mol. The van der Waals surface area contributed by atoms with Gasteiger partial charge in [0.25, 0.3) is 0 Å². The fraction of sp³-hybridized carbons (Fsp3) is 0.143. The van der Waals surface area contributed by atoms with Crippen molar-refractivity contribution in [2.45, 2.75) is 6.29 Å². The summed E-state index contributed by atoms with van der Waals surface area (Å²) in [5, 5.41) is 19.0. The third kappa shape index (κ3) is 2.93. The number of aliphatic hydroxyl groups is 1. The van der Waals surface area contributed by atoms with E-state index in [2.05, 4.69) is 0 Å². The Labute approximate surface area is 105 Å². The third-order valence-electron chi connectivity index (χ3n) is 2.49. The summed E-state index contributed by atoms with van der Waals surface area (Å²) in [6, 6.07) is 13.1. The van der Waals surface area contributed by atoms with Gasteiger partial charge in [0.15, 0.2) is 0 Å². The first-order valence-electron chi connectivity index (χ1n) is 5.47. The Balaban J connectivity index is 2.06. The summed E-state index contributed by atoms with van der Waals surface area (Å²) in [7, 11) is 1.58. The van der Waals surface area contributed by atoms with Gasteiger partial charge in [0.2, 0.25) is 6.29 Å². The lowest BCUT2D eigenvalue weighted by atomic mass is 10.2. The number of hydrogen-bond donors (Lipinski definition) is 2. The molecular formula is C14H14O4. The molecular weight excluding hydrogens is 232 g/mol. The zero-order valence-electron chi connectivity index (χ0n) is 9.91. The Kier molecular flexibility index (Phi) is 3.69. The van der Waals surface area contributed by atoms with E-state index in [1.54, 1.807) is 43.5 Å². The van der Waals surface area contributed by atoms with Gasteiger partial charge < -0.3 is 19.7 Å². The number of benzene rings is 2. The van der Waals surface area contributed by atoms with Crippen molar-refractivity contribution in [3.05, 3.63) is 54.1 Å². The second-order valence-electron chi connectivity index (χ2n) is 3.74. The number of ether oxygens (including phenoxy) is 2. The highest BCUT2D eigenvalue weighted by molar-refractivity contribution is 5.32. The van der Waals surface area contributed by atoms with Crippen molar-refractivity contribution in [1.82, 2.24) is 0 Å². The first-order chi connectivity index (χ1) is 8.69. The highest BCUT2D eigenvalue weighted by Crippen LogP contribution is 2.23. The third-order valence-corrected chi connectivity index (χ3v) is 2.49. The molecule has 0 aliphatic heterocycles. The molecule has 0 aromatic heterocycles. The molecule has 0 heterocycles. The molecule has 0 bridgehead atoms. The maximum absolute atomic E-state index is 9.88. The minimum atomic E-state index is -1.06. The van der Waals surface area contributed by atoms with Crippen LogP contribution in [-0.2, 0) is 0 Å². The van der Waals surface area contributed by atoms with Gasteiger partial charge in [-0.15, -0.1) is 0 Å². The van der Waals surface area contributed by atoms with Gasteiger partial charge in [-0.25, -0.2) is 0 Å². The standard InChI is InChI=1S/C14H14O4/c1-17-12-6-2-10(3-7-12)14(16)18-13-8-4-11(15)5-9-13/h2-9,14-16H,1H3. The fourth-order valence-corrected chi connectivity index (χ4v) is 1.49. The van der Waals surface area contributed by atoms with Crippen molar-refractivity contribution < 1.29 is 19.7 Å². The van der Waals surface area contributed by atoms with Crippen LogP contribution >= 0.6 is 0 Å². The SMILES string of the molecule is COc1ccc(C(O)Oc2ccc(O)cc2)cc1. The quantitative estimate of drug-likeness (QED) is 0.814. The Hall–Kier alpha value is -2.20. The topological polar surface area (TPSA) is 58.9 Å². The molecule has 94 valence electrons. The molecule has 0 aliphatic carbocycles. The molecule has 18 heavy (non-hydrogen) atoms. The van der Waals surface area contributed by atoms with Gasteiger partial charge in [-0.3, -0.25) is 0 Å². The molecule has 0 spiro atoms. The minimum absolute atomic E-state index is 0.154. The summed E-state index contributed by atoms with van der Waals surface area (Å²) in [4.78, 5) is 0. The van der Waals surface area contributed by atoms with Crippen LogP contribution in [0.5, 0.6) is 17.2 Å². The monoisotopic (exact) mass is 246 g/mol. The van der Waals surface area contributed by atoms with E-state index in [0.29, 0.717) is 11.3 Å². The molecule has 2 aromatic carbocycles. The van der Waals surface area contributed by atoms with E-state index in [0.717, 1.165) is 5.75 Å². The molecule has 2 rings (SSSR count). The van der Waals surface area contributed by atoms with Gasteiger partial charge in [0, 0.05) is 5.56 Å². The number of aromatic hydroxyl groups is 1. The Morgan fingerprint density at radius 3 is 2.00 bits per heavy atom. The van der Waals surface area contributed by atoms with Crippen LogP contribution in [0.1, 0.15) is 11.9 Å². The molecule has 0 saturated heterocycles. The first-order valence-corrected chi connectivity index (χ1v) is 5.47. The van der Waals surface area contributed by atoms with Crippen LogP contribution in [0.2, 0.25) is 0 Å². The number of methoxy groups -OCH3 is 1. The summed E-state index contributed by atoms with van der Waals surface area (Å²) >= 11 is 0. The maximum atomic E-state index is 9.88. The minimum Gasteiger partial charge on any atom is -0.508 e. The average Bonchev–Trinajstić information content (AvgIpc) is 2.41. The number of phenols is 1. The highest BCUT2D eigenvalue weighted by Gasteiger charge is 2.09. The van der Waals surface area contributed by atoms with E-state index in [4.69, 9.17) is 14.6 Å². The molecule has 1 unspecified atom stereocenters. The van der Waals surface area contributed by atoms with E-state index >= 15 is 0 Å². The summed E-state index contributed by atoms with van der Waals surface area (Å²) in [5.41, 5.74) is 0.629. The predicted octanol–water partition coefficient (Wildman–Crippen LogP) is 2.47. The van der Waals surface area contributed by atoms with E-state index in [1.165, 1.54) is 12.1 Å². The largest absolute Gasteiger partial charge is 0.508 e. The van der Waals surface area contributed by atoms with E-state index in [-0.39, 0.29) is 5.75 Å². The van der Waals surface area contributed by atoms with Crippen LogP contribution < -0.4 is 9.47 Å². The first kappa shape index (κ1) is 12.3. The van der Waals surface area contributed by atoms with Crippen LogP contribution in [0.25, 0.3) is 0 Å². The van der Waals surface area contributed by atoms with Crippen LogP contribution in [0.15, 0.2) is 48.5 Å². The van der Waals surface area contributed by atoms with Crippen molar-refractivity contribution in [3.8, 4) is 17.2 Å². The second-order valence-corrected chi connectivity index (χ2v) is 3.74. The molecule has 0 aliphatic rings. The molecule has 0 radical (unpaired) electrons. The van der Waals surface area contributed by atoms with Gasteiger partial charge in [0.1, 0.15) is 17.2 Å². The van der Waals surface area contributed by atoms with Crippen LogP contribution in [0.3, 0.4) is 0 Å². The van der Waals surface area contributed by atoms with Crippen molar-refractivity contribution in [2.75, 3.05) is 7.11 Å². The van der Waals surface area contributed by atoms with E-state index < -0.39 is 6.29 Å². The Bertz CT molecular complexity index is 490. The van der Waals surface area contributed by atoms with Crippen LogP contribution in [0, 0.1) is 0 Å². The molecule has 4 heteroatoms. The van der Waals surface area contributed by atoms with Crippen LogP contribution in [-0.4, -0.2) is 17.3 Å². The van der Waals surface area contributed by atoms with Crippen LogP contribution in [0.4, 0.5) is 0 Å². The summed E-state index contributed by atoms with van der Waals surface area (Å²) in [5.74, 6) is 1.35. The lowest BCUT2D eigenvalue weighted by molar-refractivity contribution is -0.0194. The number of hydrogen-bond acceptors (Lipinski definition) is 4. The van der Waals surface area contributed by atoms with Gasteiger partial charge in [-0.05, 0) is 48.5 Å². The molecule has 0 saturated carbocycles. The molecule has 0 fully saturated rings. The van der Waals surface area contributed by atoms with E-state index in [9.17, 15) is 5.11 Å². The summed E-state index contributed by atoms with van der Waals surface area (Å²) < 4.78 is 10.4. The van der Waals surface area contributed by atoms with Crippen molar-refractivity contribution in [1.29, 1.82) is 0 Å². The highest BCUT2D eigenvalue weighted by atomic mass is 16.6. The van der Waals surface area contributed by atoms with Gasteiger partial charge >= 0.3 is 0 Å². The van der Waals surface area contributed by atoms with Gasteiger partial charge in [-0.1, -0.05) is 0 Å². The second kappa shape index (κ2) is 5.42. The summed E-state index contributed by atoms with van der Waals surface area (Å²) in [6.07, 6.45) is -1.06. The molecule has 1 atom stereocenters. The molecule has 2 N–H and O–H groups in total. The van der Waals surface area contributed by atoms with Crippen molar-refractivity contribution in [2.24, 2.45) is 0 Å². The average molecular weight is 246 g/mol. The normalized spacial score (nSPS) is 11.9. The zero-order chi connectivity index (χ0) is 13.0. The number of rotatable bonds is 4. The Morgan fingerprint density at radius 2 is 1.44 bits per heavy atom. The maximum Gasteiger partial charge on any atom is 0.224 e. The zero-order valence-corrected chi connectivity index (χ0v) is 9.91. The van der Waals surface area contributed by atoms with Crippen molar-refractivity contribution >= 4 is 0 Å². The molecule has 2 aromatic rings. The summed E-state index contributed by atoms with van der Waals surface area (Å²) in [6.45, 7) is 0. The number of aliphatic hydroxyl groups excluding tert-OH is 1.